The Balaban J connectivity index is 2.23. The zero-order chi connectivity index (χ0) is 13.2. The highest BCUT2D eigenvalue weighted by atomic mass is 32.1. The van der Waals surface area contributed by atoms with Crippen molar-refractivity contribution >= 4 is 11.3 Å². The zero-order valence-corrected chi connectivity index (χ0v) is 12.2. The van der Waals surface area contributed by atoms with E-state index in [1.807, 2.05) is 6.20 Å². The fourth-order valence-electron chi connectivity index (χ4n) is 1.76. The van der Waals surface area contributed by atoms with Gasteiger partial charge < -0.3 is 4.74 Å². The second-order valence-corrected chi connectivity index (χ2v) is 6.51. The quantitative estimate of drug-likeness (QED) is 0.824. The highest BCUT2D eigenvalue weighted by Gasteiger charge is 2.13. The van der Waals surface area contributed by atoms with E-state index in [1.54, 1.807) is 18.4 Å². The Morgan fingerprint density at radius 3 is 2.39 bits per heavy atom. The third kappa shape index (κ3) is 2.98. The minimum absolute atomic E-state index is 0.197. The van der Waals surface area contributed by atoms with Crippen molar-refractivity contribution in [2.75, 3.05) is 7.11 Å². The van der Waals surface area contributed by atoms with E-state index >= 15 is 0 Å². The van der Waals surface area contributed by atoms with Gasteiger partial charge in [0.05, 0.1) is 11.5 Å². The predicted molar refractivity (Wildman–Crippen MR) is 77.0 cm³/mol. The highest BCUT2D eigenvalue weighted by molar-refractivity contribution is 7.15. The van der Waals surface area contributed by atoms with Gasteiger partial charge in [-0.05, 0) is 11.0 Å². The Morgan fingerprint density at radius 1 is 1.17 bits per heavy atom. The number of ether oxygens (including phenoxy) is 1. The lowest BCUT2D eigenvalue weighted by Gasteiger charge is -2.18. The summed E-state index contributed by atoms with van der Waals surface area (Å²) in [5.41, 5.74) is 2.72. The average Bonchev–Trinajstić information content (AvgIpc) is 2.77. The van der Waals surface area contributed by atoms with Crippen LogP contribution < -0.4 is 0 Å². The second-order valence-electron chi connectivity index (χ2n) is 5.39. The van der Waals surface area contributed by atoms with E-state index < -0.39 is 0 Å². The van der Waals surface area contributed by atoms with Gasteiger partial charge in [-0.1, -0.05) is 45.0 Å². The second kappa shape index (κ2) is 5.21. The molecule has 1 aromatic heterocycles. The Hall–Kier alpha value is -1.19. The number of nitrogens with zero attached hydrogens (tertiary/aromatic N) is 1. The fourth-order valence-corrected chi connectivity index (χ4v) is 2.65. The molecule has 0 radical (unpaired) electrons. The molecular formula is C15H19NOS. The molecule has 0 aliphatic heterocycles. The van der Waals surface area contributed by atoms with Gasteiger partial charge in [0.15, 0.2) is 0 Å². The van der Waals surface area contributed by atoms with Crippen LogP contribution in [-0.4, -0.2) is 12.1 Å². The van der Waals surface area contributed by atoms with Crippen LogP contribution in [0.4, 0.5) is 0 Å². The molecule has 0 fully saturated rings. The maximum absolute atomic E-state index is 5.11. The first-order valence-electron chi connectivity index (χ1n) is 6.05. The summed E-state index contributed by atoms with van der Waals surface area (Å²) in [5, 5.41) is 1.06. The molecule has 0 aliphatic rings. The van der Waals surface area contributed by atoms with Crippen molar-refractivity contribution in [1.82, 2.24) is 4.98 Å². The van der Waals surface area contributed by atoms with E-state index in [4.69, 9.17) is 4.74 Å². The molecule has 0 atom stereocenters. The summed E-state index contributed by atoms with van der Waals surface area (Å²) < 4.78 is 5.11. The third-order valence-corrected chi connectivity index (χ3v) is 3.86. The highest BCUT2D eigenvalue weighted by Crippen LogP contribution is 2.28. The molecule has 18 heavy (non-hydrogen) atoms. The Labute approximate surface area is 113 Å². The smallest absolute Gasteiger partial charge is 0.123 e. The van der Waals surface area contributed by atoms with Crippen LogP contribution in [0.15, 0.2) is 30.5 Å². The van der Waals surface area contributed by atoms with Gasteiger partial charge in [-0.2, -0.15) is 0 Å². The molecule has 3 heteroatoms. The van der Waals surface area contributed by atoms with E-state index in [9.17, 15) is 0 Å². The van der Waals surface area contributed by atoms with E-state index in [-0.39, 0.29) is 5.41 Å². The van der Waals surface area contributed by atoms with Gasteiger partial charge in [-0.15, -0.1) is 11.3 Å². The molecule has 0 spiro atoms. The van der Waals surface area contributed by atoms with E-state index in [1.165, 1.54) is 11.1 Å². The van der Waals surface area contributed by atoms with Crippen LogP contribution in [-0.2, 0) is 16.8 Å². The van der Waals surface area contributed by atoms with E-state index in [0.717, 1.165) is 9.88 Å². The van der Waals surface area contributed by atoms with Crippen molar-refractivity contribution in [3.63, 3.8) is 0 Å². The standard InChI is InChI=1S/C15H19NOS/c1-15(2,3)12-7-5-11(6-8-12)14-16-9-13(18-14)10-17-4/h5-9H,10H2,1-4H3. The maximum atomic E-state index is 5.11. The molecule has 1 heterocycles. The van der Waals surface area contributed by atoms with Crippen molar-refractivity contribution < 1.29 is 4.74 Å². The number of hydrogen-bond acceptors (Lipinski definition) is 3. The van der Waals surface area contributed by atoms with Crippen molar-refractivity contribution in [3.05, 3.63) is 40.9 Å². The summed E-state index contributed by atoms with van der Waals surface area (Å²) >= 11 is 1.69. The molecule has 2 nitrogen and oxygen atoms in total. The zero-order valence-electron chi connectivity index (χ0n) is 11.4. The summed E-state index contributed by atoms with van der Waals surface area (Å²) in [6.07, 6.45) is 1.89. The molecule has 0 bridgehead atoms. The van der Waals surface area contributed by atoms with Crippen molar-refractivity contribution in [3.8, 4) is 10.6 Å². The fraction of sp³-hybridized carbons (Fsp3) is 0.400. The van der Waals surface area contributed by atoms with Crippen molar-refractivity contribution in [2.24, 2.45) is 0 Å². The molecular weight excluding hydrogens is 242 g/mol. The molecule has 0 N–H and O–H groups in total. The lowest BCUT2D eigenvalue weighted by Crippen LogP contribution is -2.10. The monoisotopic (exact) mass is 261 g/mol. The van der Waals surface area contributed by atoms with Gasteiger partial charge in [0.25, 0.3) is 0 Å². The molecule has 2 rings (SSSR count). The normalized spacial score (nSPS) is 11.8. The van der Waals surface area contributed by atoms with Crippen LogP contribution in [0.3, 0.4) is 0 Å². The Kier molecular flexibility index (Phi) is 3.83. The number of thiazole rings is 1. The van der Waals surface area contributed by atoms with Gasteiger partial charge in [-0.25, -0.2) is 4.98 Å². The number of aromatic nitrogens is 1. The Bertz CT molecular complexity index is 508. The molecule has 0 aliphatic carbocycles. The molecule has 0 amide bonds. The number of benzene rings is 1. The number of methoxy groups -OCH3 is 1. The van der Waals surface area contributed by atoms with Crippen molar-refractivity contribution in [1.29, 1.82) is 0 Å². The van der Waals surface area contributed by atoms with Crippen LogP contribution in [0.1, 0.15) is 31.2 Å². The largest absolute Gasteiger partial charge is 0.379 e. The summed E-state index contributed by atoms with van der Waals surface area (Å²) in [4.78, 5) is 5.60. The maximum Gasteiger partial charge on any atom is 0.123 e. The molecule has 0 saturated heterocycles. The topological polar surface area (TPSA) is 22.1 Å². The minimum atomic E-state index is 0.197. The van der Waals surface area contributed by atoms with Crippen LogP contribution in [0.2, 0.25) is 0 Å². The summed E-state index contributed by atoms with van der Waals surface area (Å²) in [6, 6.07) is 8.67. The van der Waals surface area contributed by atoms with E-state index in [0.29, 0.717) is 6.61 Å². The summed E-state index contributed by atoms with van der Waals surface area (Å²) in [7, 11) is 1.71. The van der Waals surface area contributed by atoms with Gasteiger partial charge in [0, 0.05) is 18.9 Å². The molecule has 96 valence electrons. The first-order valence-corrected chi connectivity index (χ1v) is 6.87. The molecule has 1 aromatic carbocycles. The summed E-state index contributed by atoms with van der Waals surface area (Å²) in [6.45, 7) is 7.31. The SMILES string of the molecule is COCc1cnc(-c2ccc(C(C)(C)C)cc2)s1. The lowest BCUT2D eigenvalue weighted by atomic mass is 9.87. The average molecular weight is 261 g/mol. The van der Waals surface area contributed by atoms with Crippen LogP contribution in [0.5, 0.6) is 0 Å². The first kappa shape index (κ1) is 13.2. The lowest BCUT2D eigenvalue weighted by molar-refractivity contribution is 0.187. The van der Waals surface area contributed by atoms with Gasteiger partial charge in [0.1, 0.15) is 5.01 Å². The molecule has 0 saturated carbocycles. The Morgan fingerprint density at radius 2 is 1.83 bits per heavy atom. The third-order valence-electron chi connectivity index (χ3n) is 2.84. The summed E-state index contributed by atoms with van der Waals surface area (Å²) in [5.74, 6) is 0. The number of hydrogen-bond donors (Lipinski definition) is 0. The van der Waals surface area contributed by atoms with Gasteiger partial charge in [-0.3, -0.25) is 0 Å². The van der Waals surface area contributed by atoms with Gasteiger partial charge in [0.2, 0.25) is 0 Å². The van der Waals surface area contributed by atoms with E-state index in [2.05, 4.69) is 50.0 Å². The molecule has 0 unspecified atom stereocenters. The van der Waals surface area contributed by atoms with Crippen molar-refractivity contribution in [2.45, 2.75) is 32.8 Å². The minimum Gasteiger partial charge on any atom is -0.379 e. The predicted octanol–water partition coefficient (Wildman–Crippen LogP) is 4.25. The van der Waals surface area contributed by atoms with Gasteiger partial charge >= 0.3 is 0 Å². The first-order chi connectivity index (χ1) is 8.50. The van der Waals surface area contributed by atoms with Crippen LogP contribution in [0, 0.1) is 0 Å². The molecule has 2 aromatic rings. The number of rotatable bonds is 3. The van der Waals surface area contributed by atoms with Crippen LogP contribution >= 0.6 is 11.3 Å². The van der Waals surface area contributed by atoms with Crippen LogP contribution in [0.25, 0.3) is 10.6 Å².